The molecule has 0 unspecified atom stereocenters. The maximum atomic E-state index is 12.9. The lowest BCUT2D eigenvalue weighted by Crippen LogP contribution is -2.42. The van der Waals surface area contributed by atoms with E-state index in [1.807, 2.05) is 46.7 Å². The largest absolute Gasteiger partial charge is 0.351 e. The first-order chi connectivity index (χ1) is 15.2. The maximum absolute atomic E-state index is 12.9. The zero-order chi connectivity index (χ0) is 21.2. The average molecular weight is 437 g/mol. The molecule has 160 valence electrons. The van der Waals surface area contributed by atoms with Crippen LogP contribution in [0.15, 0.2) is 46.3 Å². The molecule has 2 amide bonds. The summed E-state index contributed by atoms with van der Waals surface area (Å²) in [6, 6.07) is 11.3. The Balaban J connectivity index is 1.14. The van der Waals surface area contributed by atoms with E-state index in [-0.39, 0.29) is 17.7 Å². The van der Waals surface area contributed by atoms with Gasteiger partial charge in [-0.05, 0) is 49.3 Å². The highest BCUT2D eigenvalue weighted by atomic mass is 32.1. The van der Waals surface area contributed by atoms with Crippen molar-refractivity contribution in [3.05, 3.63) is 58.1 Å². The van der Waals surface area contributed by atoms with Crippen LogP contribution in [0.5, 0.6) is 0 Å². The van der Waals surface area contributed by atoms with Crippen LogP contribution in [0.3, 0.4) is 0 Å². The third-order valence-corrected chi connectivity index (χ3v) is 6.80. The number of nitrogens with one attached hydrogen (secondary N) is 1. The van der Waals surface area contributed by atoms with Crippen molar-refractivity contribution >= 4 is 23.2 Å². The molecule has 2 fully saturated rings. The van der Waals surface area contributed by atoms with Crippen LogP contribution < -0.4 is 5.32 Å². The summed E-state index contributed by atoms with van der Waals surface area (Å²) in [5.41, 5.74) is 1.48. The van der Waals surface area contributed by atoms with E-state index < -0.39 is 0 Å². The number of hydrogen-bond acceptors (Lipinski definition) is 6. The minimum absolute atomic E-state index is 0.00391. The van der Waals surface area contributed by atoms with Crippen LogP contribution in [0, 0.1) is 5.92 Å². The van der Waals surface area contributed by atoms with E-state index in [1.54, 1.807) is 11.3 Å². The topological polar surface area (TPSA) is 88.3 Å². The van der Waals surface area contributed by atoms with E-state index in [4.69, 9.17) is 4.52 Å². The van der Waals surface area contributed by atoms with Crippen LogP contribution in [0.1, 0.15) is 52.7 Å². The molecule has 7 nitrogen and oxygen atoms in total. The summed E-state index contributed by atoms with van der Waals surface area (Å²) in [5.74, 6) is 1.73. The fourth-order valence-electron chi connectivity index (χ4n) is 3.87. The van der Waals surface area contributed by atoms with E-state index in [1.165, 1.54) is 0 Å². The number of hydrogen-bond donors (Lipinski definition) is 1. The van der Waals surface area contributed by atoms with Crippen LogP contribution in [0.2, 0.25) is 0 Å². The predicted octanol–water partition coefficient (Wildman–Crippen LogP) is 3.84. The van der Waals surface area contributed by atoms with Crippen molar-refractivity contribution in [1.82, 2.24) is 20.4 Å². The minimum atomic E-state index is -0.0368. The number of rotatable bonds is 6. The Morgan fingerprint density at radius 3 is 2.55 bits per heavy atom. The Hall–Kier alpha value is -3.00. The number of aromatic nitrogens is 2. The molecule has 0 radical (unpaired) electrons. The van der Waals surface area contributed by atoms with Crippen LogP contribution in [-0.4, -0.2) is 39.9 Å². The Kier molecular flexibility index (Phi) is 5.55. The van der Waals surface area contributed by atoms with Crippen molar-refractivity contribution in [2.45, 2.75) is 38.1 Å². The summed E-state index contributed by atoms with van der Waals surface area (Å²) in [6.45, 7) is 1.76. The molecule has 1 aromatic carbocycles. The first kappa shape index (κ1) is 19.9. The lowest BCUT2D eigenvalue weighted by molar-refractivity contribution is -0.126. The number of likely N-dealkylation sites (tertiary alicyclic amines) is 1. The lowest BCUT2D eigenvalue weighted by Gasteiger charge is -2.31. The van der Waals surface area contributed by atoms with Crippen LogP contribution in [0.4, 0.5) is 0 Å². The third-order valence-electron chi connectivity index (χ3n) is 5.93. The molecule has 3 aromatic rings. The zero-order valence-corrected chi connectivity index (χ0v) is 17.9. The standard InChI is InChI=1S/C23H24N4O3S/c28-21(24-14-19-2-1-13-31-19)16-9-11-27(12-10-16)23(29)18-7-3-15(4-8-18)20-25-22(30-26-20)17-5-6-17/h1-4,7-8,13,16-17H,5-6,9-12,14H2,(H,24,28). The van der Waals surface area contributed by atoms with Gasteiger partial charge in [-0.25, -0.2) is 0 Å². The van der Waals surface area contributed by atoms with E-state index in [9.17, 15) is 9.59 Å². The molecule has 5 rings (SSSR count). The quantitative estimate of drug-likeness (QED) is 0.634. The van der Waals surface area contributed by atoms with Crippen molar-refractivity contribution in [2.24, 2.45) is 5.92 Å². The highest BCUT2D eigenvalue weighted by Crippen LogP contribution is 2.39. The van der Waals surface area contributed by atoms with Gasteiger partial charge < -0.3 is 14.7 Å². The third kappa shape index (κ3) is 4.54. The second-order valence-corrected chi connectivity index (χ2v) is 9.20. The molecule has 1 saturated heterocycles. The Morgan fingerprint density at radius 1 is 1.10 bits per heavy atom. The molecule has 31 heavy (non-hydrogen) atoms. The smallest absolute Gasteiger partial charge is 0.253 e. The minimum Gasteiger partial charge on any atom is -0.351 e. The Morgan fingerprint density at radius 2 is 1.87 bits per heavy atom. The molecule has 1 aliphatic heterocycles. The summed E-state index contributed by atoms with van der Waals surface area (Å²) in [4.78, 5) is 32.7. The van der Waals surface area contributed by atoms with Crippen molar-refractivity contribution in [3.8, 4) is 11.4 Å². The van der Waals surface area contributed by atoms with Gasteiger partial charge in [0.25, 0.3) is 5.91 Å². The van der Waals surface area contributed by atoms with Crippen LogP contribution in [-0.2, 0) is 11.3 Å². The van der Waals surface area contributed by atoms with Gasteiger partial charge in [-0.15, -0.1) is 11.3 Å². The Bertz CT molecular complexity index is 1050. The Labute approximate surface area is 184 Å². The van der Waals surface area contributed by atoms with Crippen molar-refractivity contribution < 1.29 is 14.1 Å². The first-order valence-corrected chi connectivity index (χ1v) is 11.6. The molecule has 2 aliphatic rings. The van der Waals surface area contributed by atoms with Gasteiger partial charge in [0.05, 0.1) is 6.54 Å². The van der Waals surface area contributed by atoms with Gasteiger partial charge in [0.1, 0.15) is 0 Å². The van der Waals surface area contributed by atoms with Gasteiger partial charge >= 0.3 is 0 Å². The van der Waals surface area contributed by atoms with Crippen LogP contribution >= 0.6 is 11.3 Å². The highest BCUT2D eigenvalue weighted by Gasteiger charge is 2.30. The molecular formula is C23H24N4O3S. The van der Waals surface area contributed by atoms with Gasteiger partial charge in [-0.2, -0.15) is 4.98 Å². The van der Waals surface area contributed by atoms with Crippen molar-refractivity contribution in [1.29, 1.82) is 0 Å². The highest BCUT2D eigenvalue weighted by molar-refractivity contribution is 7.09. The molecule has 1 N–H and O–H groups in total. The lowest BCUT2D eigenvalue weighted by atomic mass is 9.95. The molecular weight excluding hydrogens is 412 g/mol. The normalized spacial score (nSPS) is 17.0. The maximum Gasteiger partial charge on any atom is 0.253 e. The van der Waals surface area contributed by atoms with Gasteiger partial charge in [0.2, 0.25) is 17.6 Å². The molecule has 0 spiro atoms. The molecule has 8 heteroatoms. The SMILES string of the molecule is O=C(NCc1cccs1)C1CCN(C(=O)c2ccc(-c3noc(C4CC4)n3)cc2)CC1. The number of carbonyl (C=O) groups is 2. The van der Waals surface area contributed by atoms with E-state index in [2.05, 4.69) is 15.5 Å². The fourth-order valence-corrected chi connectivity index (χ4v) is 4.51. The summed E-state index contributed by atoms with van der Waals surface area (Å²) in [6.07, 6.45) is 3.60. The molecule has 2 aromatic heterocycles. The first-order valence-electron chi connectivity index (χ1n) is 10.7. The number of carbonyl (C=O) groups excluding carboxylic acids is 2. The molecule has 0 bridgehead atoms. The van der Waals surface area contributed by atoms with Gasteiger partial charge in [0, 0.05) is 40.9 Å². The second kappa shape index (κ2) is 8.63. The van der Waals surface area contributed by atoms with Gasteiger partial charge in [-0.1, -0.05) is 23.4 Å². The number of thiophene rings is 1. The number of amides is 2. The second-order valence-electron chi connectivity index (χ2n) is 8.17. The van der Waals surface area contributed by atoms with Crippen molar-refractivity contribution in [3.63, 3.8) is 0 Å². The summed E-state index contributed by atoms with van der Waals surface area (Å²) in [7, 11) is 0. The van der Waals surface area contributed by atoms with E-state index >= 15 is 0 Å². The molecule has 0 atom stereocenters. The number of piperidine rings is 1. The summed E-state index contributed by atoms with van der Waals surface area (Å²) >= 11 is 1.64. The summed E-state index contributed by atoms with van der Waals surface area (Å²) < 4.78 is 5.32. The molecule has 1 aliphatic carbocycles. The summed E-state index contributed by atoms with van der Waals surface area (Å²) in [5, 5.41) is 9.07. The van der Waals surface area contributed by atoms with Crippen molar-refractivity contribution in [2.75, 3.05) is 13.1 Å². The molecule has 1 saturated carbocycles. The molecule has 3 heterocycles. The van der Waals surface area contributed by atoms with E-state index in [0.717, 1.165) is 23.3 Å². The number of benzene rings is 1. The predicted molar refractivity (Wildman–Crippen MR) is 117 cm³/mol. The fraction of sp³-hybridized carbons (Fsp3) is 0.391. The van der Waals surface area contributed by atoms with E-state index in [0.29, 0.717) is 55.7 Å². The zero-order valence-electron chi connectivity index (χ0n) is 17.1. The monoisotopic (exact) mass is 436 g/mol. The average Bonchev–Trinajstić information content (AvgIpc) is 3.32. The van der Waals surface area contributed by atoms with Crippen LogP contribution in [0.25, 0.3) is 11.4 Å². The van der Waals surface area contributed by atoms with Gasteiger partial charge in [0.15, 0.2) is 0 Å². The van der Waals surface area contributed by atoms with Gasteiger partial charge in [-0.3, -0.25) is 9.59 Å². The number of nitrogens with zero attached hydrogens (tertiary/aromatic N) is 3.